The van der Waals surface area contributed by atoms with Gasteiger partial charge in [0.2, 0.25) is 0 Å². The Hall–Kier alpha value is -7.10. The van der Waals surface area contributed by atoms with E-state index >= 15 is 0 Å². The summed E-state index contributed by atoms with van der Waals surface area (Å²) >= 11 is 0. The summed E-state index contributed by atoms with van der Waals surface area (Å²) in [6, 6.07) is 69.9. The Labute approximate surface area is 313 Å². The highest BCUT2D eigenvalue weighted by molar-refractivity contribution is 6.13. The van der Waals surface area contributed by atoms with Crippen molar-refractivity contribution in [3.05, 3.63) is 223 Å². The third kappa shape index (κ3) is 4.42. The quantitative estimate of drug-likeness (QED) is 0.169. The number of benzene rings is 7. The van der Waals surface area contributed by atoms with Crippen molar-refractivity contribution < 1.29 is 0 Å². The molecule has 7 aromatic carbocycles. The zero-order chi connectivity index (χ0) is 35.6. The van der Waals surface area contributed by atoms with Crippen LogP contribution in [0, 0.1) is 0 Å². The fourth-order valence-corrected chi connectivity index (χ4v) is 8.96. The smallest absolute Gasteiger partial charge is 0.137 e. The maximum Gasteiger partial charge on any atom is 0.137 e. The van der Waals surface area contributed by atoms with E-state index in [1.165, 1.54) is 38.8 Å². The largest absolute Gasteiger partial charge is 0.299 e. The van der Waals surface area contributed by atoms with E-state index in [4.69, 9.17) is 9.97 Å². The fraction of sp³-hybridized carbons (Fsp3) is 0.0196. The first-order valence-electron chi connectivity index (χ1n) is 18.5. The monoisotopic (exact) mass is 687 g/mol. The number of aromatic nitrogens is 3. The Bertz CT molecular complexity index is 2980. The predicted octanol–water partition coefficient (Wildman–Crippen LogP) is 12.4. The van der Waals surface area contributed by atoms with E-state index in [2.05, 4.69) is 193 Å². The van der Waals surface area contributed by atoms with E-state index < -0.39 is 5.41 Å². The van der Waals surface area contributed by atoms with Gasteiger partial charge < -0.3 is 0 Å². The number of nitrogens with zero attached hydrogens (tertiary/aromatic N) is 3. The third-order valence-electron chi connectivity index (χ3n) is 11.3. The average Bonchev–Trinajstić information content (AvgIpc) is 3.78. The van der Waals surface area contributed by atoms with Crippen LogP contribution < -0.4 is 0 Å². The van der Waals surface area contributed by atoms with Crippen molar-refractivity contribution in [2.45, 2.75) is 5.41 Å². The van der Waals surface area contributed by atoms with Crippen LogP contribution >= 0.6 is 0 Å². The normalized spacial score (nSPS) is 13.0. The maximum absolute atomic E-state index is 5.40. The lowest BCUT2D eigenvalue weighted by molar-refractivity contribution is 0.769. The molecule has 1 aliphatic carbocycles. The zero-order valence-corrected chi connectivity index (χ0v) is 29.4. The van der Waals surface area contributed by atoms with E-state index in [1.807, 2.05) is 12.1 Å². The molecule has 0 radical (unpaired) electrons. The van der Waals surface area contributed by atoms with E-state index in [9.17, 15) is 0 Å². The van der Waals surface area contributed by atoms with Crippen LogP contribution in [0.15, 0.2) is 200 Å². The maximum atomic E-state index is 5.40. The molecule has 0 spiro atoms. The Morgan fingerprint density at radius 1 is 0.389 bits per heavy atom. The highest BCUT2D eigenvalue weighted by atomic mass is 15.0. The summed E-state index contributed by atoms with van der Waals surface area (Å²) in [5.41, 5.74) is 15.4. The van der Waals surface area contributed by atoms with Crippen molar-refractivity contribution in [2.75, 3.05) is 0 Å². The second-order valence-electron chi connectivity index (χ2n) is 14.1. The van der Waals surface area contributed by atoms with Crippen LogP contribution in [0.3, 0.4) is 0 Å². The molecule has 0 N–H and O–H groups in total. The van der Waals surface area contributed by atoms with E-state index in [0.717, 1.165) is 55.7 Å². The van der Waals surface area contributed by atoms with Crippen molar-refractivity contribution in [3.63, 3.8) is 0 Å². The van der Waals surface area contributed by atoms with Crippen molar-refractivity contribution in [1.82, 2.24) is 14.4 Å². The summed E-state index contributed by atoms with van der Waals surface area (Å²) in [5.74, 6) is 0. The number of rotatable bonds is 5. The van der Waals surface area contributed by atoms with Crippen LogP contribution in [0.5, 0.6) is 0 Å². The van der Waals surface area contributed by atoms with Crippen LogP contribution in [-0.2, 0) is 5.41 Å². The van der Waals surface area contributed by atoms with Gasteiger partial charge >= 0.3 is 0 Å². The van der Waals surface area contributed by atoms with Gasteiger partial charge in [0, 0.05) is 33.7 Å². The van der Waals surface area contributed by atoms with E-state index in [1.54, 1.807) is 0 Å². The summed E-state index contributed by atoms with van der Waals surface area (Å²) in [7, 11) is 0. The molecule has 0 fully saturated rings. The Morgan fingerprint density at radius 3 is 1.76 bits per heavy atom. The molecule has 0 bridgehead atoms. The summed E-state index contributed by atoms with van der Waals surface area (Å²) in [5, 5.41) is 3.50. The minimum atomic E-state index is -0.473. The SMILES string of the molecule is c1ccc(-c2nc3ccccn3c2-c2ccc(-c3nc4ccccc4c4cc5c(cc34)-c3ccccc3C5(c3ccccc3)c3ccccc3)cc2)cc1. The number of hydrogen-bond acceptors (Lipinski definition) is 2. The molecule has 3 heteroatoms. The zero-order valence-electron chi connectivity index (χ0n) is 29.4. The number of imidazole rings is 1. The molecule has 0 amide bonds. The van der Waals surface area contributed by atoms with Gasteiger partial charge in [-0.2, -0.15) is 0 Å². The molecular formula is C51H33N3. The van der Waals surface area contributed by atoms with E-state index in [-0.39, 0.29) is 0 Å². The van der Waals surface area contributed by atoms with Crippen LogP contribution in [-0.4, -0.2) is 14.4 Å². The third-order valence-corrected chi connectivity index (χ3v) is 11.3. The highest BCUT2D eigenvalue weighted by Gasteiger charge is 2.46. The molecule has 1 aliphatic rings. The summed E-state index contributed by atoms with van der Waals surface area (Å²) in [6.45, 7) is 0. The molecule has 0 aliphatic heterocycles. The number of para-hydroxylation sites is 1. The summed E-state index contributed by atoms with van der Waals surface area (Å²) < 4.78 is 2.19. The topological polar surface area (TPSA) is 30.2 Å². The molecule has 3 aromatic heterocycles. The minimum absolute atomic E-state index is 0.473. The Kier molecular flexibility index (Phi) is 6.77. The fourth-order valence-electron chi connectivity index (χ4n) is 8.96. The second-order valence-corrected chi connectivity index (χ2v) is 14.1. The van der Waals surface area contributed by atoms with Crippen molar-refractivity contribution in [2.24, 2.45) is 0 Å². The molecule has 0 unspecified atom stereocenters. The lowest BCUT2D eigenvalue weighted by atomic mass is 9.67. The van der Waals surface area contributed by atoms with Gasteiger partial charge in [0.25, 0.3) is 0 Å². The highest BCUT2D eigenvalue weighted by Crippen LogP contribution is 2.57. The Balaban J connectivity index is 1.16. The standard InChI is InChI=1S/C51H33N3/c1-4-16-34(17-5-1)49-50(54-31-15-14-26-47(54)53-49)36-29-27-35(28-30-36)48-43-32-42-39-22-10-12-24-44(39)51(37-18-6-2-7-19-37,38-20-8-3-9-21-38)45(42)33-41(43)40-23-11-13-25-46(40)52-48/h1-33H. The molecule has 0 saturated heterocycles. The Morgan fingerprint density at radius 2 is 1.00 bits per heavy atom. The van der Waals surface area contributed by atoms with Crippen LogP contribution in [0.1, 0.15) is 22.3 Å². The van der Waals surface area contributed by atoms with Crippen LogP contribution in [0.4, 0.5) is 0 Å². The lowest BCUT2D eigenvalue weighted by Gasteiger charge is -2.34. The van der Waals surface area contributed by atoms with Gasteiger partial charge in [-0.25, -0.2) is 9.97 Å². The van der Waals surface area contributed by atoms with Gasteiger partial charge in [-0.3, -0.25) is 4.40 Å². The van der Waals surface area contributed by atoms with Crippen LogP contribution in [0.25, 0.3) is 72.2 Å². The first-order valence-corrected chi connectivity index (χ1v) is 18.5. The first kappa shape index (κ1) is 30.5. The van der Waals surface area contributed by atoms with E-state index in [0.29, 0.717) is 0 Å². The molecule has 11 rings (SSSR count). The molecule has 0 atom stereocenters. The van der Waals surface area contributed by atoms with Gasteiger partial charge in [-0.1, -0.05) is 164 Å². The lowest BCUT2D eigenvalue weighted by Crippen LogP contribution is -2.28. The molecule has 3 nitrogen and oxygen atoms in total. The molecule has 54 heavy (non-hydrogen) atoms. The van der Waals surface area contributed by atoms with Gasteiger partial charge in [-0.05, 0) is 69.1 Å². The minimum Gasteiger partial charge on any atom is -0.299 e. The van der Waals surface area contributed by atoms with Crippen molar-refractivity contribution in [1.29, 1.82) is 0 Å². The van der Waals surface area contributed by atoms with Crippen molar-refractivity contribution in [3.8, 4) is 44.9 Å². The number of fused-ring (bicyclic) bond motifs is 7. The molecular weight excluding hydrogens is 655 g/mol. The van der Waals surface area contributed by atoms with Crippen LogP contribution in [0.2, 0.25) is 0 Å². The van der Waals surface area contributed by atoms with Crippen molar-refractivity contribution >= 4 is 27.3 Å². The van der Waals surface area contributed by atoms with Gasteiger partial charge in [-0.15, -0.1) is 0 Å². The molecule has 0 saturated carbocycles. The summed E-state index contributed by atoms with van der Waals surface area (Å²) in [6.07, 6.45) is 2.10. The van der Waals surface area contributed by atoms with Gasteiger partial charge in [0.15, 0.2) is 0 Å². The number of pyridine rings is 2. The number of hydrogen-bond donors (Lipinski definition) is 0. The summed E-state index contributed by atoms with van der Waals surface area (Å²) in [4.78, 5) is 10.5. The predicted molar refractivity (Wildman–Crippen MR) is 222 cm³/mol. The second kappa shape index (κ2) is 12.0. The first-order chi connectivity index (χ1) is 26.8. The van der Waals surface area contributed by atoms with Gasteiger partial charge in [0.05, 0.1) is 28.0 Å². The van der Waals surface area contributed by atoms with Gasteiger partial charge in [0.1, 0.15) is 5.65 Å². The molecule has 3 heterocycles. The molecule has 10 aromatic rings. The molecule has 252 valence electrons. The average molecular weight is 688 g/mol.